The molecular formula is C31H46N4O7S2. The number of carbonyl (C=O) groups excluding carboxylic acids is 3. The molecule has 13 heteroatoms. The average Bonchev–Trinajstić information content (AvgIpc) is 2.88. The van der Waals surface area contributed by atoms with Gasteiger partial charge >= 0.3 is 18.0 Å². The van der Waals surface area contributed by atoms with Gasteiger partial charge in [-0.05, 0) is 91.5 Å². The average molecular weight is 651 g/mol. The molecule has 0 spiro atoms. The van der Waals surface area contributed by atoms with E-state index in [9.17, 15) is 19.2 Å². The lowest BCUT2D eigenvalue weighted by molar-refractivity contribution is -0.165. The number of esters is 1. The number of pyridine rings is 2. The van der Waals surface area contributed by atoms with Crippen LogP contribution in [0.1, 0.15) is 73.4 Å². The van der Waals surface area contributed by atoms with Gasteiger partial charge in [-0.3, -0.25) is 19.7 Å². The van der Waals surface area contributed by atoms with E-state index in [0.29, 0.717) is 30.2 Å². The smallest absolute Gasteiger partial charge is 0.413 e. The molecule has 244 valence electrons. The molecule has 0 aliphatic rings. The molecule has 0 aliphatic heterocycles. The maximum absolute atomic E-state index is 12.8. The minimum Gasteiger partial charge on any atom is -0.481 e. The number of nitrogen functional groups attached to an aromatic ring is 1. The van der Waals surface area contributed by atoms with Gasteiger partial charge < -0.3 is 20.3 Å². The summed E-state index contributed by atoms with van der Waals surface area (Å²) >= 11 is 5.16. The van der Waals surface area contributed by atoms with Crippen LogP contribution in [-0.2, 0) is 36.7 Å². The Morgan fingerprint density at radius 2 is 1.39 bits per heavy atom. The monoisotopic (exact) mass is 650 g/mol. The number of anilines is 2. The van der Waals surface area contributed by atoms with Crippen LogP contribution in [0, 0.1) is 10.8 Å². The van der Waals surface area contributed by atoms with E-state index < -0.39 is 34.1 Å². The zero-order chi connectivity index (χ0) is 33.9. The van der Waals surface area contributed by atoms with Gasteiger partial charge in [0.1, 0.15) is 22.8 Å². The number of nitrogens with zero attached hydrogens (tertiary/aromatic N) is 2. The molecule has 1 amide bonds. The number of thioether (sulfide) groups is 1. The number of carboxylic acids is 1. The molecule has 2 heterocycles. The summed E-state index contributed by atoms with van der Waals surface area (Å²) in [6.45, 7) is 15.7. The maximum atomic E-state index is 12.8. The molecule has 0 saturated carbocycles. The first-order chi connectivity index (χ1) is 20.1. The molecular weight excluding hydrogens is 604 g/mol. The normalized spacial score (nSPS) is 14.1. The highest BCUT2D eigenvalue weighted by Crippen LogP contribution is 2.31. The Bertz CT molecular complexity index is 1280. The first-order valence-corrected chi connectivity index (χ1v) is 15.6. The van der Waals surface area contributed by atoms with Gasteiger partial charge in [-0.25, -0.2) is 14.8 Å². The summed E-state index contributed by atoms with van der Waals surface area (Å²) in [5, 5.41) is 11.6. The summed E-state index contributed by atoms with van der Waals surface area (Å²) in [6, 6.07) is 6.87. The fourth-order valence-corrected chi connectivity index (χ4v) is 4.49. The third kappa shape index (κ3) is 14.4. The first kappa shape index (κ1) is 38.7. The number of carbonyl (C=O) groups is 4. The standard InChI is InChI=1S/C21H32N2O5S.C10H14N2O2S/c1-14(24)29-13-21(8,17(25)27-19(2,3)4)11-15-9-10-16(22-12-15)23-18(26)28-20(5,6)7;1-10(6-15,9(13)14)4-7-2-3-8(11)12-5-7/h9-10,12H,11,13H2,1-8H3,(H,22,23,26);2-3,5,15H,4,6H2,1H3,(H2,11,12)(H,13,14). The fourth-order valence-electron chi connectivity index (χ4n) is 3.50. The number of aromatic nitrogens is 2. The number of nitrogens with two attached hydrogens (primary N) is 1. The number of hydrogen-bond donors (Lipinski definition) is 4. The minimum atomic E-state index is -0.897. The van der Waals surface area contributed by atoms with Crippen molar-refractivity contribution in [1.82, 2.24) is 9.97 Å². The molecule has 0 saturated heterocycles. The zero-order valence-electron chi connectivity index (χ0n) is 27.0. The highest BCUT2D eigenvalue weighted by molar-refractivity contribution is 8.13. The third-order valence-electron chi connectivity index (χ3n) is 5.84. The minimum absolute atomic E-state index is 0.0604. The van der Waals surface area contributed by atoms with Crippen LogP contribution in [0.5, 0.6) is 0 Å². The molecule has 2 unspecified atom stereocenters. The zero-order valence-corrected chi connectivity index (χ0v) is 28.7. The molecule has 2 rings (SSSR count). The summed E-state index contributed by atoms with van der Waals surface area (Å²) in [6.07, 6.45) is 3.35. The summed E-state index contributed by atoms with van der Waals surface area (Å²) in [5.74, 6) is 0.146. The number of aliphatic carboxylic acids is 1. The number of carboxylic acid groups (broad SMARTS) is 1. The molecule has 2 aromatic heterocycles. The van der Waals surface area contributed by atoms with Gasteiger partial charge in [0.25, 0.3) is 0 Å². The highest BCUT2D eigenvalue weighted by atomic mass is 32.2. The van der Waals surface area contributed by atoms with Crippen molar-refractivity contribution in [2.45, 2.75) is 86.4 Å². The van der Waals surface area contributed by atoms with E-state index in [1.54, 1.807) is 71.3 Å². The Morgan fingerprint density at radius 1 is 0.864 bits per heavy atom. The Balaban J connectivity index is 0.000000539. The van der Waals surface area contributed by atoms with Crippen molar-refractivity contribution in [3.8, 4) is 0 Å². The van der Waals surface area contributed by atoms with Gasteiger partial charge in [0.05, 0.1) is 10.8 Å². The van der Waals surface area contributed by atoms with Crippen molar-refractivity contribution in [3.05, 3.63) is 47.8 Å². The van der Waals surface area contributed by atoms with E-state index in [-0.39, 0.29) is 16.8 Å². The van der Waals surface area contributed by atoms with Crippen molar-refractivity contribution in [1.29, 1.82) is 0 Å². The van der Waals surface area contributed by atoms with E-state index in [4.69, 9.17) is 20.3 Å². The van der Waals surface area contributed by atoms with Crippen LogP contribution in [0.2, 0.25) is 0 Å². The number of hydrogen-bond acceptors (Lipinski definition) is 11. The Kier molecular flexibility index (Phi) is 14.2. The molecule has 2 atom stereocenters. The number of nitrogens with one attached hydrogen (secondary N) is 1. The predicted molar refractivity (Wildman–Crippen MR) is 177 cm³/mol. The van der Waals surface area contributed by atoms with E-state index in [1.165, 1.54) is 6.92 Å². The van der Waals surface area contributed by atoms with Gasteiger partial charge in [0.15, 0.2) is 5.12 Å². The van der Waals surface area contributed by atoms with Crippen LogP contribution >= 0.6 is 24.4 Å². The quantitative estimate of drug-likeness (QED) is 0.180. The Morgan fingerprint density at radius 3 is 1.80 bits per heavy atom. The molecule has 11 nitrogen and oxygen atoms in total. The largest absolute Gasteiger partial charge is 0.481 e. The number of rotatable bonds is 10. The lowest BCUT2D eigenvalue weighted by Gasteiger charge is -2.31. The van der Waals surface area contributed by atoms with E-state index >= 15 is 0 Å². The Labute approximate surface area is 269 Å². The number of ether oxygens (including phenoxy) is 2. The molecule has 44 heavy (non-hydrogen) atoms. The van der Waals surface area contributed by atoms with Gasteiger partial charge in [0.2, 0.25) is 0 Å². The molecule has 0 radical (unpaired) electrons. The predicted octanol–water partition coefficient (Wildman–Crippen LogP) is 5.83. The molecule has 0 aliphatic carbocycles. The van der Waals surface area contributed by atoms with Crippen LogP contribution in [0.3, 0.4) is 0 Å². The second-order valence-corrected chi connectivity index (χ2v) is 14.5. The van der Waals surface area contributed by atoms with E-state index in [0.717, 1.165) is 22.9 Å². The summed E-state index contributed by atoms with van der Waals surface area (Å²) in [5.41, 5.74) is 4.09. The molecule has 4 N–H and O–H groups in total. The molecule has 0 aromatic carbocycles. The molecule has 0 bridgehead atoms. The Hall–Kier alpha value is -3.32. The van der Waals surface area contributed by atoms with Crippen molar-refractivity contribution in [2.75, 3.05) is 22.6 Å². The van der Waals surface area contributed by atoms with Gasteiger partial charge in [0, 0.05) is 30.8 Å². The summed E-state index contributed by atoms with van der Waals surface area (Å²) in [7, 11) is 0. The second-order valence-electron chi connectivity index (χ2n) is 13.0. The van der Waals surface area contributed by atoms with Crippen LogP contribution in [0.25, 0.3) is 0 Å². The lowest BCUT2D eigenvalue weighted by Crippen LogP contribution is -2.39. The van der Waals surface area contributed by atoms with Crippen molar-refractivity contribution in [3.63, 3.8) is 0 Å². The second kappa shape index (κ2) is 16.1. The van der Waals surface area contributed by atoms with E-state index in [2.05, 4.69) is 27.9 Å². The summed E-state index contributed by atoms with van der Waals surface area (Å²) in [4.78, 5) is 55.3. The van der Waals surface area contributed by atoms with Crippen molar-refractivity contribution in [2.24, 2.45) is 10.8 Å². The van der Waals surface area contributed by atoms with Crippen molar-refractivity contribution < 1.29 is 33.8 Å². The number of amides is 1. The fraction of sp³-hybridized carbons (Fsp3) is 0.548. The van der Waals surface area contributed by atoms with Gasteiger partial charge in [-0.15, -0.1) is 0 Å². The molecule has 2 aromatic rings. The summed E-state index contributed by atoms with van der Waals surface area (Å²) < 4.78 is 10.8. The van der Waals surface area contributed by atoms with Crippen LogP contribution < -0.4 is 11.1 Å². The van der Waals surface area contributed by atoms with Crippen molar-refractivity contribution >= 4 is 59.2 Å². The van der Waals surface area contributed by atoms with Crippen LogP contribution in [-0.4, -0.2) is 60.9 Å². The lowest BCUT2D eigenvalue weighted by atomic mass is 9.86. The number of thiol groups is 1. The van der Waals surface area contributed by atoms with Gasteiger partial charge in [-0.2, -0.15) is 12.6 Å². The SMILES string of the molecule is CC(=O)SCC(C)(Cc1ccc(NC(=O)OC(C)(C)C)nc1)C(=O)OC(C)(C)C.CC(CS)(Cc1ccc(N)nc1)C(=O)O. The topological polar surface area (TPSA) is 171 Å². The van der Waals surface area contributed by atoms with Gasteiger partial charge in [-0.1, -0.05) is 23.9 Å². The maximum Gasteiger partial charge on any atom is 0.413 e. The third-order valence-corrected chi connectivity index (χ3v) is 7.73. The highest BCUT2D eigenvalue weighted by Gasteiger charge is 2.38. The van der Waals surface area contributed by atoms with Crippen LogP contribution in [0.4, 0.5) is 16.4 Å². The van der Waals surface area contributed by atoms with Crippen LogP contribution in [0.15, 0.2) is 36.7 Å². The first-order valence-electron chi connectivity index (χ1n) is 13.9. The molecule has 0 fully saturated rings. The van der Waals surface area contributed by atoms with E-state index in [1.807, 2.05) is 20.8 Å².